The van der Waals surface area contributed by atoms with Gasteiger partial charge in [0, 0.05) is 11.0 Å². The van der Waals surface area contributed by atoms with E-state index >= 15 is 4.57 Å². The fourth-order valence-corrected chi connectivity index (χ4v) is 7.99. The van der Waals surface area contributed by atoms with Crippen LogP contribution in [0.1, 0.15) is 25.0 Å². The molecule has 4 nitrogen and oxygen atoms in total. The van der Waals surface area contributed by atoms with Crippen molar-refractivity contribution in [1.29, 1.82) is 0 Å². The number of benzene rings is 6. The van der Waals surface area contributed by atoms with Crippen LogP contribution in [0.5, 0.6) is 5.75 Å². The molecule has 0 aliphatic carbocycles. The van der Waals surface area contributed by atoms with E-state index in [-0.39, 0.29) is 0 Å². The zero-order valence-electron chi connectivity index (χ0n) is 24.9. The van der Waals surface area contributed by atoms with E-state index in [1.807, 2.05) is 167 Å². The van der Waals surface area contributed by atoms with Gasteiger partial charge in [-0.15, -0.1) is 0 Å². The highest BCUT2D eigenvalue weighted by atomic mass is 31.2. The third-order valence-corrected chi connectivity index (χ3v) is 10.2. The average molecular weight is 595 g/mol. The van der Waals surface area contributed by atoms with E-state index in [1.54, 1.807) is 0 Å². The fraction of sp³-hybridized carbons (Fsp3) is 0.0769. The Hall–Kier alpha value is -5.05. The number of hydrogen-bond acceptors (Lipinski definition) is 2. The summed E-state index contributed by atoms with van der Waals surface area (Å²) in [5.74, 6) is 0.554. The standard InChI is InChI=1S/C39H35N2O2P/c1-39(2,32-20-8-3-9-21-32)37-30-18-19-31-38(37)43-44(42,40(33-22-10-4-11-23-33)34-24-12-5-13-25-34)41(35-26-14-6-15-27-35)36-28-16-7-17-29-36/h3-31H,1-2H3. The van der Waals surface area contributed by atoms with Crippen LogP contribution in [0.4, 0.5) is 22.7 Å². The smallest absolute Gasteiger partial charge is 0.413 e. The minimum absolute atomic E-state index is 0.433. The zero-order valence-corrected chi connectivity index (χ0v) is 25.8. The summed E-state index contributed by atoms with van der Waals surface area (Å²) in [5, 5.41) is 0. The lowest BCUT2D eigenvalue weighted by molar-refractivity contribution is 0.470. The van der Waals surface area contributed by atoms with Gasteiger partial charge in [0.05, 0.1) is 22.7 Å². The molecule has 0 saturated carbocycles. The van der Waals surface area contributed by atoms with Gasteiger partial charge < -0.3 is 4.52 Å². The Kier molecular flexibility index (Phi) is 8.36. The lowest BCUT2D eigenvalue weighted by Gasteiger charge is -2.41. The molecule has 6 rings (SSSR count). The van der Waals surface area contributed by atoms with Gasteiger partial charge in [-0.3, -0.25) is 0 Å². The normalized spacial score (nSPS) is 11.5. The van der Waals surface area contributed by atoms with Crippen LogP contribution >= 0.6 is 7.67 Å². The summed E-state index contributed by atoms with van der Waals surface area (Å²) in [6, 6.07) is 57.5. The first-order valence-corrected chi connectivity index (χ1v) is 16.3. The van der Waals surface area contributed by atoms with Crippen LogP contribution in [0.25, 0.3) is 0 Å². The summed E-state index contributed by atoms with van der Waals surface area (Å²) < 4.78 is 27.2. The molecule has 6 aromatic carbocycles. The highest BCUT2D eigenvalue weighted by molar-refractivity contribution is 7.63. The first-order valence-electron chi connectivity index (χ1n) is 14.7. The van der Waals surface area contributed by atoms with Crippen LogP contribution in [0.2, 0.25) is 0 Å². The quantitative estimate of drug-likeness (QED) is 0.148. The van der Waals surface area contributed by atoms with Gasteiger partial charge in [0.25, 0.3) is 0 Å². The van der Waals surface area contributed by atoms with E-state index in [2.05, 4.69) is 32.0 Å². The third-order valence-electron chi connectivity index (χ3n) is 7.78. The number of nitrogens with zero attached hydrogens (tertiary/aromatic N) is 2. The van der Waals surface area contributed by atoms with Gasteiger partial charge in [-0.1, -0.05) is 135 Å². The van der Waals surface area contributed by atoms with Crippen molar-refractivity contribution in [2.75, 3.05) is 9.34 Å². The summed E-state index contributed by atoms with van der Waals surface area (Å²) >= 11 is 0. The van der Waals surface area contributed by atoms with Gasteiger partial charge in [-0.25, -0.2) is 13.9 Å². The Morgan fingerprint density at radius 2 is 0.773 bits per heavy atom. The van der Waals surface area contributed by atoms with Gasteiger partial charge in [0.15, 0.2) is 0 Å². The zero-order chi connectivity index (χ0) is 30.4. The molecule has 0 amide bonds. The fourth-order valence-electron chi connectivity index (χ4n) is 5.53. The van der Waals surface area contributed by atoms with Crippen molar-refractivity contribution < 1.29 is 9.09 Å². The van der Waals surface area contributed by atoms with E-state index in [1.165, 1.54) is 0 Å². The van der Waals surface area contributed by atoms with Crippen molar-refractivity contribution in [2.45, 2.75) is 19.3 Å². The van der Waals surface area contributed by atoms with Gasteiger partial charge in [-0.05, 0) is 60.2 Å². The topological polar surface area (TPSA) is 32.8 Å². The first-order chi connectivity index (χ1) is 21.5. The van der Waals surface area contributed by atoms with E-state index in [0.29, 0.717) is 5.75 Å². The molecule has 0 aromatic heterocycles. The molecule has 0 aliphatic heterocycles. The van der Waals surface area contributed by atoms with E-state index < -0.39 is 13.1 Å². The summed E-state index contributed by atoms with van der Waals surface area (Å²) in [6.07, 6.45) is 0. The summed E-state index contributed by atoms with van der Waals surface area (Å²) in [7, 11) is -4.07. The molecule has 0 fully saturated rings. The molecule has 0 unspecified atom stereocenters. The Bertz CT molecular complexity index is 1670. The molecule has 0 aliphatic rings. The van der Waals surface area contributed by atoms with Crippen molar-refractivity contribution >= 4 is 30.4 Å². The van der Waals surface area contributed by atoms with E-state index in [4.69, 9.17) is 4.52 Å². The second-order valence-electron chi connectivity index (χ2n) is 11.0. The molecule has 0 saturated heterocycles. The number of rotatable bonds is 10. The number of hydrogen-bond donors (Lipinski definition) is 0. The van der Waals surface area contributed by atoms with Crippen molar-refractivity contribution in [2.24, 2.45) is 0 Å². The first kappa shape index (κ1) is 29.0. The number of para-hydroxylation sites is 5. The second-order valence-corrected chi connectivity index (χ2v) is 13.0. The van der Waals surface area contributed by atoms with Crippen LogP contribution in [0, 0.1) is 0 Å². The molecule has 44 heavy (non-hydrogen) atoms. The van der Waals surface area contributed by atoms with Gasteiger partial charge in [0.2, 0.25) is 0 Å². The Morgan fingerprint density at radius 3 is 1.16 bits per heavy atom. The minimum Gasteiger partial charge on any atom is -0.413 e. The van der Waals surface area contributed by atoms with E-state index in [0.717, 1.165) is 33.9 Å². The highest BCUT2D eigenvalue weighted by Crippen LogP contribution is 2.64. The van der Waals surface area contributed by atoms with Crippen LogP contribution in [-0.4, -0.2) is 0 Å². The molecule has 0 bridgehead atoms. The predicted molar refractivity (Wildman–Crippen MR) is 183 cm³/mol. The summed E-state index contributed by atoms with van der Waals surface area (Å²) in [5.41, 5.74) is 4.64. The lowest BCUT2D eigenvalue weighted by Crippen LogP contribution is -2.30. The number of anilines is 4. The molecule has 218 valence electrons. The van der Waals surface area contributed by atoms with Crippen LogP contribution in [-0.2, 0) is 9.98 Å². The SMILES string of the molecule is CC(C)(c1ccccc1)c1ccccc1OP(=O)(N(c1ccccc1)c1ccccc1)N(c1ccccc1)c1ccccc1. The monoisotopic (exact) mass is 594 g/mol. The van der Waals surface area contributed by atoms with Crippen LogP contribution in [0.3, 0.4) is 0 Å². The molecule has 0 radical (unpaired) electrons. The van der Waals surface area contributed by atoms with Crippen molar-refractivity contribution in [3.05, 3.63) is 187 Å². The molecular formula is C39H35N2O2P. The van der Waals surface area contributed by atoms with Crippen molar-refractivity contribution in [3.8, 4) is 5.75 Å². The van der Waals surface area contributed by atoms with Crippen molar-refractivity contribution in [3.63, 3.8) is 0 Å². The van der Waals surface area contributed by atoms with Gasteiger partial charge in [-0.2, -0.15) is 0 Å². The maximum absolute atomic E-state index is 16.4. The van der Waals surface area contributed by atoms with Crippen LogP contribution < -0.4 is 13.9 Å². The second kappa shape index (κ2) is 12.7. The molecule has 0 spiro atoms. The Morgan fingerprint density at radius 1 is 0.455 bits per heavy atom. The van der Waals surface area contributed by atoms with Gasteiger partial charge in [0.1, 0.15) is 5.75 Å². The summed E-state index contributed by atoms with van der Waals surface area (Å²) in [6.45, 7) is 4.35. The maximum Gasteiger partial charge on any atom is 0.458 e. The minimum atomic E-state index is -4.07. The lowest BCUT2D eigenvalue weighted by atomic mass is 9.78. The molecule has 0 heterocycles. The predicted octanol–water partition coefficient (Wildman–Crippen LogP) is 11.2. The molecule has 6 aromatic rings. The Balaban J connectivity index is 1.63. The summed E-state index contributed by atoms with van der Waals surface area (Å²) in [4.78, 5) is 0. The highest BCUT2D eigenvalue weighted by Gasteiger charge is 2.44. The third kappa shape index (κ3) is 5.77. The van der Waals surface area contributed by atoms with Crippen molar-refractivity contribution in [1.82, 2.24) is 0 Å². The Labute approximate surface area is 260 Å². The largest absolute Gasteiger partial charge is 0.458 e. The average Bonchev–Trinajstić information content (AvgIpc) is 3.07. The van der Waals surface area contributed by atoms with Gasteiger partial charge >= 0.3 is 7.67 Å². The molecule has 0 atom stereocenters. The van der Waals surface area contributed by atoms with E-state index in [9.17, 15) is 0 Å². The molecule has 0 N–H and O–H groups in total. The molecule has 5 heteroatoms. The van der Waals surface area contributed by atoms with Crippen LogP contribution in [0.15, 0.2) is 176 Å². The maximum atomic E-state index is 16.4. The molecular weight excluding hydrogens is 559 g/mol.